The number of carbonyl (C=O) groups is 1. The summed E-state index contributed by atoms with van der Waals surface area (Å²) in [5, 5.41) is 10.4. The van der Waals surface area contributed by atoms with Gasteiger partial charge in [-0.1, -0.05) is 86.1 Å². The number of ketones is 1. The molecule has 3 heteroatoms. The Balaban J connectivity index is 1.14. The van der Waals surface area contributed by atoms with Crippen molar-refractivity contribution in [3.63, 3.8) is 0 Å². The maximum atomic E-state index is 12.9. The van der Waals surface area contributed by atoms with Gasteiger partial charge in [0.2, 0.25) is 0 Å². The SMILES string of the molecule is C=C1C=C(C(=O)CCC2=CC3C=C(COC(O)C4CCCCC4)C=CC3=C2)C=C2C=CC=CC12. The van der Waals surface area contributed by atoms with Crippen molar-refractivity contribution in [2.24, 2.45) is 17.8 Å². The van der Waals surface area contributed by atoms with Crippen molar-refractivity contribution >= 4 is 5.78 Å². The van der Waals surface area contributed by atoms with Gasteiger partial charge < -0.3 is 9.84 Å². The molecule has 0 radical (unpaired) electrons. The molecule has 0 spiro atoms. The number of carbonyl (C=O) groups excluding carboxylic acids is 1. The van der Waals surface area contributed by atoms with Crippen LogP contribution in [-0.4, -0.2) is 23.8 Å². The summed E-state index contributed by atoms with van der Waals surface area (Å²) in [5.41, 5.74) is 6.45. The number of hydrogen-bond acceptors (Lipinski definition) is 3. The van der Waals surface area contributed by atoms with Crippen LogP contribution in [0.1, 0.15) is 44.9 Å². The molecule has 5 rings (SSSR count). The van der Waals surface area contributed by atoms with Gasteiger partial charge in [0, 0.05) is 29.7 Å². The molecule has 0 aromatic heterocycles. The molecule has 0 heterocycles. The lowest BCUT2D eigenvalue weighted by Crippen LogP contribution is -2.26. The predicted octanol–water partition coefficient (Wildman–Crippen LogP) is 6.39. The van der Waals surface area contributed by atoms with Gasteiger partial charge >= 0.3 is 0 Å². The average Bonchev–Trinajstić information content (AvgIpc) is 3.28. The van der Waals surface area contributed by atoms with Crippen LogP contribution in [0.4, 0.5) is 0 Å². The fourth-order valence-electron chi connectivity index (χ4n) is 5.57. The standard InChI is InChI=1S/C31H34O3/c1-21-15-28(19-26-9-5-6-10-29(21)26)30(32)14-12-22-16-25-13-11-23(18-27(25)17-22)20-34-31(33)24-7-3-2-4-8-24/h5-6,9-11,13,15-19,24,27,29,31,33H,1-4,7-8,12,14,20H2. The van der Waals surface area contributed by atoms with E-state index >= 15 is 0 Å². The van der Waals surface area contributed by atoms with Gasteiger partial charge in [0.25, 0.3) is 0 Å². The first kappa shape index (κ1) is 23.0. The summed E-state index contributed by atoms with van der Waals surface area (Å²) in [7, 11) is 0. The first-order valence-electron chi connectivity index (χ1n) is 12.7. The van der Waals surface area contributed by atoms with Crippen molar-refractivity contribution in [3.8, 4) is 0 Å². The Bertz CT molecular complexity index is 1100. The summed E-state index contributed by atoms with van der Waals surface area (Å²) in [4.78, 5) is 12.9. The first-order chi connectivity index (χ1) is 16.6. The van der Waals surface area contributed by atoms with Gasteiger partial charge in [-0.25, -0.2) is 0 Å². The maximum absolute atomic E-state index is 12.9. The third-order valence-corrected chi connectivity index (χ3v) is 7.58. The molecule has 0 aromatic carbocycles. The molecule has 34 heavy (non-hydrogen) atoms. The molecular weight excluding hydrogens is 420 g/mol. The van der Waals surface area contributed by atoms with Crippen LogP contribution in [0.5, 0.6) is 0 Å². The number of aliphatic hydroxyl groups is 1. The molecule has 0 amide bonds. The zero-order valence-corrected chi connectivity index (χ0v) is 19.8. The van der Waals surface area contributed by atoms with Gasteiger partial charge in [-0.15, -0.1) is 0 Å². The second kappa shape index (κ2) is 10.2. The molecule has 1 fully saturated rings. The zero-order valence-electron chi connectivity index (χ0n) is 19.8. The fourth-order valence-corrected chi connectivity index (χ4v) is 5.57. The van der Waals surface area contributed by atoms with E-state index in [4.69, 9.17) is 4.74 Å². The van der Waals surface area contributed by atoms with E-state index < -0.39 is 6.29 Å². The molecule has 3 nitrogen and oxygen atoms in total. The lowest BCUT2D eigenvalue weighted by molar-refractivity contribution is -0.133. The maximum Gasteiger partial charge on any atom is 0.163 e. The number of rotatable bonds is 8. The number of fused-ring (bicyclic) bond motifs is 2. The summed E-state index contributed by atoms with van der Waals surface area (Å²) in [6.45, 7) is 4.60. The Labute approximate surface area is 203 Å². The molecule has 1 saturated carbocycles. The van der Waals surface area contributed by atoms with Gasteiger partial charge in [0.1, 0.15) is 0 Å². The minimum absolute atomic E-state index is 0.168. The summed E-state index contributed by atoms with van der Waals surface area (Å²) in [6, 6.07) is 0. The van der Waals surface area contributed by atoms with E-state index in [0.717, 1.165) is 41.6 Å². The van der Waals surface area contributed by atoms with Crippen LogP contribution >= 0.6 is 0 Å². The van der Waals surface area contributed by atoms with Crippen molar-refractivity contribution in [2.45, 2.75) is 51.2 Å². The van der Waals surface area contributed by atoms with E-state index in [0.29, 0.717) is 13.0 Å². The van der Waals surface area contributed by atoms with E-state index in [-0.39, 0.29) is 23.5 Å². The van der Waals surface area contributed by atoms with Crippen LogP contribution in [0.3, 0.4) is 0 Å². The van der Waals surface area contributed by atoms with E-state index in [1.165, 1.54) is 30.4 Å². The summed E-state index contributed by atoms with van der Waals surface area (Å²) < 4.78 is 5.81. The monoisotopic (exact) mass is 454 g/mol. The average molecular weight is 455 g/mol. The Morgan fingerprint density at radius 3 is 2.68 bits per heavy atom. The molecule has 0 saturated heterocycles. The molecule has 5 aliphatic rings. The molecule has 3 unspecified atom stereocenters. The van der Waals surface area contributed by atoms with Crippen molar-refractivity contribution in [3.05, 3.63) is 107 Å². The van der Waals surface area contributed by atoms with Gasteiger partial charge in [0.15, 0.2) is 12.1 Å². The minimum atomic E-state index is -0.664. The number of ether oxygens (including phenoxy) is 1. The molecule has 3 atom stereocenters. The number of aliphatic hydroxyl groups excluding tert-OH is 1. The van der Waals surface area contributed by atoms with Crippen LogP contribution in [0.2, 0.25) is 0 Å². The van der Waals surface area contributed by atoms with Crippen molar-refractivity contribution in [1.82, 2.24) is 0 Å². The molecule has 176 valence electrons. The van der Waals surface area contributed by atoms with Crippen molar-refractivity contribution in [1.29, 1.82) is 0 Å². The van der Waals surface area contributed by atoms with Crippen LogP contribution in [0.25, 0.3) is 0 Å². The van der Waals surface area contributed by atoms with Gasteiger partial charge in [-0.2, -0.15) is 0 Å². The van der Waals surface area contributed by atoms with Gasteiger partial charge in [-0.05, 0) is 53.7 Å². The highest BCUT2D eigenvalue weighted by molar-refractivity contribution is 5.99. The number of allylic oxidation sites excluding steroid dienone is 15. The van der Waals surface area contributed by atoms with Crippen molar-refractivity contribution in [2.75, 3.05) is 6.61 Å². The van der Waals surface area contributed by atoms with E-state index in [2.05, 4.69) is 49.1 Å². The van der Waals surface area contributed by atoms with Gasteiger partial charge in [0.05, 0.1) is 6.61 Å². The largest absolute Gasteiger partial charge is 0.368 e. The molecule has 5 aliphatic carbocycles. The van der Waals surface area contributed by atoms with Crippen LogP contribution in [0.15, 0.2) is 107 Å². The van der Waals surface area contributed by atoms with E-state index in [1.807, 2.05) is 24.3 Å². The second-order valence-corrected chi connectivity index (χ2v) is 10.1. The Morgan fingerprint density at radius 1 is 1.00 bits per heavy atom. The predicted molar refractivity (Wildman–Crippen MR) is 137 cm³/mol. The third kappa shape index (κ3) is 5.16. The highest BCUT2D eigenvalue weighted by Gasteiger charge is 2.25. The van der Waals surface area contributed by atoms with Gasteiger partial charge in [-0.3, -0.25) is 4.79 Å². The molecule has 1 N–H and O–H groups in total. The lowest BCUT2D eigenvalue weighted by atomic mass is 9.81. The Morgan fingerprint density at radius 2 is 1.82 bits per heavy atom. The fraction of sp³-hybridized carbons (Fsp3) is 0.387. The van der Waals surface area contributed by atoms with Crippen LogP contribution < -0.4 is 0 Å². The van der Waals surface area contributed by atoms with Crippen LogP contribution in [-0.2, 0) is 9.53 Å². The molecule has 0 bridgehead atoms. The highest BCUT2D eigenvalue weighted by atomic mass is 16.6. The second-order valence-electron chi connectivity index (χ2n) is 10.1. The highest BCUT2D eigenvalue weighted by Crippen LogP contribution is 2.35. The smallest absolute Gasteiger partial charge is 0.163 e. The number of Topliss-reactive ketones (excluding diaryl/α,β-unsaturated/α-hetero) is 1. The quantitative estimate of drug-likeness (QED) is 0.432. The Hall–Kier alpha value is -2.75. The normalized spacial score (nSPS) is 26.7. The molecular formula is C31H34O3. The Kier molecular flexibility index (Phi) is 6.94. The number of hydrogen-bond donors (Lipinski definition) is 1. The molecule has 0 aromatic rings. The minimum Gasteiger partial charge on any atom is -0.368 e. The molecule has 0 aliphatic heterocycles. The third-order valence-electron chi connectivity index (χ3n) is 7.58. The topological polar surface area (TPSA) is 46.5 Å². The zero-order chi connectivity index (χ0) is 23.5. The summed E-state index contributed by atoms with van der Waals surface area (Å²) in [6.07, 6.45) is 29.5. The van der Waals surface area contributed by atoms with E-state index in [1.54, 1.807) is 0 Å². The van der Waals surface area contributed by atoms with Crippen molar-refractivity contribution < 1.29 is 14.6 Å². The lowest BCUT2D eigenvalue weighted by Gasteiger charge is -2.27. The first-order valence-corrected chi connectivity index (χ1v) is 12.7. The summed E-state index contributed by atoms with van der Waals surface area (Å²) in [5.74, 6) is 0.876. The van der Waals surface area contributed by atoms with Crippen LogP contribution in [0, 0.1) is 17.8 Å². The van der Waals surface area contributed by atoms with E-state index in [9.17, 15) is 9.90 Å². The summed E-state index contributed by atoms with van der Waals surface area (Å²) >= 11 is 0.